The molecule has 7 nitrogen and oxygen atoms in total. The fourth-order valence-corrected chi connectivity index (χ4v) is 3.91. The molecule has 0 unspecified atom stereocenters. The Balaban J connectivity index is 1.58. The molecule has 1 aliphatic carbocycles. The van der Waals surface area contributed by atoms with E-state index in [1.807, 2.05) is 0 Å². The van der Waals surface area contributed by atoms with E-state index in [-0.39, 0.29) is 18.1 Å². The maximum atomic E-state index is 10.9. The Bertz CT molecular complexity index is 537. The first kappa shape index (κ1) is 14.4. The monoisotopic (exact) mass is 309 g/mol. The van der Waals surface area contributed by atoms with Crippen LogP contribution in [-0.2, 0) is 0 Å². The molecule has 0 atom stereocenters. The molecule has 0 bridgehead atoms. The van der Waals surface area contributed by atoms with E-state index in [4.69, 9.17) is 5.73 Å². The zero-order chi connectivity index (χ0) is 14.8. The third kappa shape index (κ3) is 3.20. The molecular weight excluding hydrogens is 290 g/mol. The number of nitrogens with zero attached hydrogens (tertiary/aromatic N) is 4. The van der Waals surface area contributed by atoms with Crippen LogP contribution < -0.4 is 5.73 Å². The Morgan fingerprint density at radius 1 is 1.38 bits per heavy atom. The van der Waals surface area contributed by atoms with Gasteiger partial charge in [-0.15, -0.1) is 0 Å². The first-order valence-corrected chi connectivity index (χ1v) is 8.19. The summed E-state index contributed by atoms with van der Waals surface area (Å²) in [6.07, 6.45) is 8.78. The van der Waals surface area contributed by atoms with Crippen molar-refractivity contribution in [3.05, 3.63) is 21.6 Å². The van der Waals surface area contributed by atoms with E-state index in [0.717, 1.165) is 23.8 Å². The predicted molar refractivity (Wildman–Crippen MR) is 83.2 cm³/mol. The van der Waals surface area contributed by atoms with Gasteiger partial charge in [0.2, 0.25) is 5.82 Å². The quantitative estimate of drug-likeness (QED) is 0.635. The van der Waals surface area contributed by atoms with Gasteiger partial charge in [-0.25, -0.2) is 5.01 Å². The number of nitrogens with two attached hydrogens (primary N) is 1. The number of hydrogen-bond donors (Lipinski definition) is 1. The van der Waals surface area contributed by atoms with Crippen molar-refractivity contribution in [2.75, 3.05) is 6.54 Å². The SMILES string of the molecule is NC1=C([N+](=O)[O-])CN2N=C(CCC3CCCCC3)SC2=N1. The maximum absolute atomic E-state index is 10.9. The lowest BCUT2D eigenvalue weighted by molar-refractivity contribution is -0.429. The summed E-state index contributed by atoms with van der Waals surface area (Å²) in [5.41, 5.74) is 5.56. The minimum atomic E-state index is -0.476. The van der Waals surface area contributed by atoms with Gasteiger partial charge in [0.25, 0.3) is 0 Å². The van der Waals surface area contributed by atoms with Crippen molar-refractivity contribution in [3.63, 3.8) is 0 Å². The molecule has 3 aliphatic rings. The normalized spacial score (nSPS) is 23.0. The summed E-state index contributed by atoms with van der Waals surface area (Å²) in [4.78, 5) is 14.5. The lowest BCUT2D eigenvalue weighted by Crippen LogP contribution is -2.31. The molecule has 0 aromatic heterocycles. The number of fused-ring (bicyclic) bond motifs is 1. The fourth-order valence-electron chi connectivity index (χ4n) is 2.99. The Morgan fingerprint density at radius 2 is 2.14 bits per heavy atom. The summed E-state index contributed by atoms with van der Waals surface area (Å²) in [6.45, 7) is 0.109. The van der Waals surface area contributed by atoms with E-state index in [1.54, 1.807) is 5.01 Å². The van der Waals surface area contributed by atoms with Crippen LogP contribution in [0, 0.1) is 16.0 Å². The summed E-state index contributed by atoms with van der Waals surface area (Å²) in [5.74, 6) is 0.807. The van der Waals surface area contributed by atoms with Crippen molar-refractivity contribution < 1.29 is 4.92 Å². The number of amidine groups is 1. The van der Waals surface area contributed by atoms with Gasteiger partial charge < -0.3 is 5.73 Å². The smallest absolute Gasteiger partial charge is 0.309 e. The Morgan fingerprint density at radius 3 is 2.86 bits per heavy atom. The van der Waals surface area contributed by atoms with Crippen molar-refractivity contribution >= 4 is 22.0 Å². The molecular formula is C13H19N5O2S. The number of hydrogen-bond acceptors (Lipinski definition) is 7. The van der Waals surface area contributed by atoms with Gasteiger partial charge in [-0.2, -0.15) is 10.1 Å². The third-order valence-electron chi connectivity index (χ3n) is 4.19. The Labute approximate surface area is 127 Å². The van der Waals surface area contributed by atoms with E-state index in [9.17, 15) is 10.1 Å². The number of rotatable bonds is 4. The van der Waals surface area contributed by atoms with Crippen LogP contribution in [0.1, 0.15) is 44.9 Å². The fraction of sp³-hybridized carbons (Fsp3) is 0.692. The van der Waals surface area contributed by atoms with E-state index in [1.165, 1.54) is 43.9 Å². The first-order valence-electron chi connectivity index (χ1n) is 7.38. The lowest BCUT2D eigenvalue weighted by Gasteiger charge is -2.20. The van der Waals surface area contributed by atoms with E-state index in [0.29, 0.717) is 5.17 Å². The van der Waals surface area contributed by atoms with Crippen LogP contribution in [0.3, 0.4) is 0 Å². The van der Waals surface area contributed by atoms with Gasteiger partial charge in [0, 0.05) is 0 Å². The van der Waals surface area contributed by atoms with Crippen LogP contribution in [0.15, 0.2) is 21.6 Å². The van der Waals surface area contributed by atoms with Crippen LogP contribution in [0.5, 0.6) is 0 Å². The highest BCUT2D eigenvalue weighted by atomic mass is 32.2. The van der Waals surface area contributed by atoms with Crippen molar-refractivity contribution in [2.45, 2.75) is 44.9 Å². The zero-order valence-electron chi connectivity index (χ0n) is 11.8. The molecule has 2 N–H and O–H groups in total. The van der Waals surface area contributed by atoms with Crippen molar-refractivity contribution in [1.82, 2.24) is 5.01 Å². The molecule has 0 aromatic rings. The minimum Gasteiger partial charge on any atom is -0.378 e. The second-order valence-corrected chi connectivity index (χ2v) is 6.72. The molecule has 0 saturated heterocycles. The number of hydrazone groups is 1. The lowest BCUT2D eigenvalue weighted by atomic mass is 9.86. The van der Waals surface area contributed by atoms with Crippen LogP contribution in [0.2, 0.25) is 0 Å². The average molecular weight is 309 g/mol. The van der Waals surface area contributed by atoms with Gasteiger partial charge in [0.05, 0.1) is 4.92 Å². The van der Waals surface area contributed by atoms with Crippen LogP contribution in [0.4, 0.5) is 0 Å². The van der Waals surface area contributed by atoms with Crippen molar-refractivity contribution in [2.24, 2.45) is 21.7 Å². The Hall–Kier alpha value is -1.57. The topological polar surface area (TPSA) is 97.1 Å². The molecule has 1 saturated carbocycles. The Kier molecular flexibility index (Phi) is 4.14. The largest absolute Gasteiger partial charge is 0.378 e. The zero-order valence-corrected chi connectivity index (χ0v) is 12.6. The van der Waals surface area contributed by atoms with Gasteiger partial charge in [0.15, 0.2) is 5.17 Å². The third-order valence-corrected chi connectivity index (χ3v) is 5.19. The molecule has 3 rings (SSSR count). The summed E-state index contributed by atoms with van der Waals surface area (Å²) < 4.78 is 0. The molecule has 0 aromatic carbocycles. The molecule has 0 radical (unpaired) electrons. The van der Waals surface area contributed by atoms with E-state index >= 15 is 0 Å². The van der Waals surface area contributed by atoms with Crippen molar-refractivity contribution in [3.8, 4) is 0 Å². The number of nitro groups is 1. The maximum Gasteiger partial charge on any atom is 0.309 e. The van der Waals surface area contributed by atoms with Gasteiger partial charge in [-0.1, -0.05) is 32.1 Å². The highest BCUT2D eigenvalue weighted by Crippen LogP contribution is 2.32. The highest BCUT2D eigenvalue weighted by molar-refractivity contribution is 8.26. The van der Waals surface area contributed by atoms with Gasteiger partial charge in [-0.05, 0) is 30.5 Å². The summed E-state index contributed by atoms with van der Waals surface area (Å²) in [7, 11) is 0. The molecule has 2 heterocycles. The number of thioether (sulfide) groups is 1. The van der Waals surface area contributed by atoms with Gasteiger partial charge in [0.1, 0.15) is 11.6 Å². The minimum absolute atomic E-state index is 0.00230. The van der Waals surface area contributed by atoms with Gasteiger partial charge in [-0.3, -0.25) is 10.1 Å². The molecule has 114 valence electrons. The van der Waals surface area contributed by atoms with Gasteiger partial charge >= 0.3 is 5.70 Å². The molecule has 21 heavy (non-hydrogen) atoms. The summed E-state index contributed by atoms with van der Waals surface area (Å²) >= 11 is 1.49. The van der Waals surface area contributed by atoms with Crippen LogP contribution in [-0.4, -0.2) is 26.7 Å². The summed E-state index contributed by atoms with van der Waals surface area (Å²) in [6, 6.07) is 0. The molecule has 8 heteroatoms. The molecule has 2 aliphatic heterocycles. The first-order chi connectivity index (χ1) is 10.1. The molecule has 0 amide bonds. The second kappa shape index (κ2) is 6.05. The van der Waals surface area contributed by atoms with Crippen molar-refractivity contribution in [1.29, 1.82) is 0 Å². The van der Waals surface area contributed by atoms with Crippen LogP contribution in [0.25, 0.3) is 0 Å². The standard InChI is InChI=1S/C13H19N5O2S/c14-12-10(18(19)20)8-17-13(15-12)21-11(16-17)7-6-9-4-2-1-3-5-9/h9H,1-8,14H2. The van der Waals surface area contributed by atoms with E-state index in [2.05, 4.69) is 10.1 Å². The number of aliphatic imine (C=N–C) groups is 1. The second-order valence-electron chi connectivity index (χ2n) is 5.68. The van der Waals surface area contributed by atoms with Crippen LogP contribution >= 0.6 is 11.8 Å². The van der Waals surface area contributed by atoms with E-state index < -0.39 is 4.92 Å². The average Bonchev–Trinajstić information content (AvgIpc) is 2.87. The molecule has 1 fully saturated rings. The molecule has 0 spiro atoms. The summed E-state index contributed by atoms with van der Waals surface area (Å²) in [5, 5.41) is 18.6. The highest BCUT2D eigenvalue weighted by Gasteiger charge is 2.33. The predicted octanol–water partition coefficient (Wildman–Crippen LogP) is 2.48.